The first-order valence-corrected chi connectivity index (χ1v) is 7.73. The van der Waals surface area contributed by atoms with Crippen molar-refractivity contribution in [3.63, 3.8) is 0 Å². The van der Waals surface area contributed by atoms with Crippen LogP contribution in [0.3, 0.4) is 0 Å². The Morgan fingerprint density at radius 2 is 1.47 bits per heavy atom. The van der Waals surface area contributed by atoms with Crippen LogP contribution in [-0.4, -0.2) is 33.0 Å². The molecular formula is C16H36NO2. The van der Waals surface area contributed by atoms with Crippen molar-refractivity contribution in [3.8, 4) is 0 Å². The molecule has 19 heavy (non-hydrogen) atoms. The average molecular weight is 274 g/mol. The second-order valence-electron chi connectivity index (χ2n) is 4.44. The molecule has 3 heteroatoms. The van der Waals surface area contributed by atoms with Crippen LogP contribution in [-0.2, 0) is 9.47 Å². The zero-order valence-corrected chi connectivity index (χ0v) is 13.5. The molecule has 0 aromatic carbocycles. The molecule has 0 rings (SSSR count). The van der Waals surface area contributed by atoms with Gasteiger partial charge in [-0.2, -0.15) is 0 Å². The van der Waals surface area contributed by atoms with Gasteiger partial charge in [-0.1, -0.05) is 27.2 Å². The van der Waals surface area contributed by atoms with Gasteiger partial charge in [-0.05, 0) is 32.8 Å². The van der Waals surface area contributed by atoms with Crippen LogP contribution in [0.25, 0.3) is 0 Å². The van der Waals surface area contributed by atoms with E-state index < -0.39 is 0 Å². The summed E-state index contributed by atoms with van der Waals surface area (Å²) >= 11 is 0. The number of ether oxygens (including phenoxy) is 2. The van der Waals surface area contributed by atoms with Gasteiger partial charge in [0.15, 0.2) is 0 Å². The van der Waals surface area contributed by atoms with E-state index >= 15 is 0 Å². The Labute approximate surface area is 122 Å². The summed E-state index contributed by atoms with van der Waals surface area (Å²) in [5, 5.41) is 3.07. The highest BCUT2D eigenvalue weighted by atomic mass is 16.5. The second kappa shape index (κ2) is 19.8. The predicted octanol–water partition coefficient (Wildman–Crippen LogP) is 4.19. The maximum Gasteiger partial charge on any atom is 0.0520 e. The molecule has 0 aliphatic rings. The number of rotatable bonds is 12. The van der Waals surface area contributed by atoms with Crippen LogP contribution in [0.2, 0.25) is 0 Å². The summed E-state index contributed by atoms with van der Waals surface area (Å²) in [6.45, 7) is 18.2. The first kappa shape index (κ1) is 20.8. The standard InChI is InChI=1S/C13H26NO2.C3H8.H2/c1-4-9-15-10-6-7-11-16-12-8-13(3)14-5-2;1-3-2;/h3,14H,4-12H2,1-2H3;3H2,1-2H3;1H. The van der Waals surface area contributed by atoms with Crippen molar-refractivity contribution in [3.05, 3.63) is 12.3 Å². The van der Waals surface area contributed by atoms with Crippen LogP contribution < -0.4 is 5.32 Å². The summed E-state index contributed by atoms with van der Waals surface area (Å²) in [5.41, 5.74) is 0.814. The van der Waals surface area contributed by atoms with Crippen molar-refractivity contribution in [1.82, 2.24) is 5.32 Å². The molecule has 0 fully saturated rings. The highest BCUT2D eigenvalue weighted by Gasteiger charge is 1.93. The van der Waals surface area contributed by atoms with Gasteiger partial charge in [0, 0.05) is 39.9 Å². The fourth-order valence-corrected chi connectivity index (χ4v) is 1.25. The van der Waals surface area contributed by atoms with Gasteiger partial charge in [0.2, 0.25) is 0 Å². The van der Waals surface area contributed by atoms with Crippen LogP contribution in [0.15, 0.2) is 5.70 Å². The molecule has 0 aromatic heterocycles. The van der Waals surface area contributed by atoms with Gasteiger partial charge in [0.1, 0.15) is 0 Å². The minimum absolute atomic E-state index is 0. The van der Waals surface area contributed by atoms with E-state index in [0.717, 1.165) is 57.7 Å². The van der Waals surface area contributed by atoms with Crippen molar-refractivity contribution in [2.24, 2.45) is 0 Å². The van der Waals surface area contributed by atoms with E-state index in [1.165, 1.54) is 6.42 Å². The minimum Gasteiger partial charge on any atom is -0.389 e. The fraction of sp³-hybridized carbons (Fsp3) is 0.875. The van der Waals surface area contributed by atoms with Crippen LogP contribution in [0.1, 0.15) is 61.2 Å². The first-order valence-electron chi connectivity index (χ1n) is 7.73. The molecule has 0 heterocycles. The Balaban J connectivity index is -0.000000657. The van der Waals surface area contributed by atoms with Crippen LogP contribution in [0, 0.1) is 6.58 Å². The molecular weight excluding hydrogens is 238 g/mol. The summed E-state index contributed by atoms with van der Waals surface area (Å²) in [6, 6.07) is 0. The first-order chi connectivity index (χ1) is 9.22. The van der Waals surface area contributed by atoms with Crippen molar-refractivity contribution >= 4 is 0 Å². The molecule has 0 saturated heterocycles. The predicted molar refractivity (Wildman–Crippen MR) is 85.3 cm³/mol. The van der Waals surface area contributed by atoms with Crippen molar-refractivity contribution < 1.29 is 10.9 Å². The van der Waals surface area contributed by atoms with Crippen molar-refractivity contribution in [1.29, 1.82) is 0 Å². The van der Waals surface area contributed by atoms with Gasteiger partial charge in [0.25, 0.3) is 0 Å². The maximum atomic E-state index is 5.69. The van der Waals surface area contributed by atoms with Crippen LogP contribution in [0.4, 0.5) is 0 Å². The van der Waals surface area contributed by atoms with E-state index in [9.17, 15) is 0 Å². The van der Waals surface area contributed by atoms with E-state index in [2.05, 4.69) is 26.1 Å². The SMILES string of the molecule is CCC.[CH]=C(CCOCCCCOCCC)NCC.[HH]. The third kappa shape index (κ3) is 23.0. The summed E-state index contributed by atoms with van der Waals surface area (Å²) in [6.07, 6.45) is 5.27. The number of nitrogens with one attached hydrogen (secondary N) is 1. The Bertz CT molecular complexity index is 178. The van der Waals surface area contributed by atoms with Gasteiger partial charge in [-0.3, -0.25) is 0 Å². The average Bonchev–Trinajstić information content (AvgIpc) is 2.38. The second-order valence-corrected chi connectivity index (χ2v) is 4.44. The quantitative estimate of drug-likeness (QED) is 0.541. The molecule has 1 radical (unpaired) electrons. The normalized spacial score (nSPS) is 9.68. The molecule has 0 spiro atoms. The highest BCUT2D eigenvalue weighted by Crippen LogP contribution is 1.96. The van der Waals surface area contributed by atoms with Crippen molar-refractivity contribution in [2.45, 2.75) is 59.8 Å². The molecule has 0 aromatic rings. The largest absolute Gasteiger partial charge is 0.389 e. The molecule has 0 bridgehead atoms. The van der Waals surface area contributed by atoms with Crippen LogP contribution >= 0.6 is 0 Å². The van der Waals surface area contributed by atoms with Gasteiger partial charge >= 0.3 is 0 Å². The van der Waals surface area contributed by atoms with Crippen molar-refractivity contribution in [2.75, 3.05) is 33.0 Å². The zero-order valence-electron chi connectivity index (χ0n) is 13.5. The molecule has 0 aliphatic carbocycles. The summed E-state index contributed by atoms with van der Waals surface area (Å²) in [7, 11) is 0. The molecule has 0 atom stereocenters. The maximum absolute atomic E-state index is 5.69. The summed E-state index contributed by atoms with van der Waals surface area (Å²) < 4.78 is 10.8. The zero-order chi connectivity index (χ0) is 14.8. The lowest BCUT2D eigenvalue weighted by Gasteiger charge is -2.07. The molecule has 0 aliphatic heterocycles. The highest BCUT2D eigenvalue weighted by molar-refractivity contribution is 4.86. The minimum atomic E-state index is 0. The Morgan fingerprint density at radius 1 is 0.947 bits per heavy atom. The summed E-state index contributed by atoms with van der Waals surface area (Å²) in [5.74, 6) is 0. The van der Waals surface area contributed by atoms with Gasteiger partial charge in [-0.15, -0.1) is 0 Å². The Kier molecular flexibility index (Phi) is 21.6. The monoisotopic (exact) mass is 274 g/mol. The lowest BCUT2D eigenvalue weighted by atomic mass is 10.3. The van der Waals surface area contributed by atoms with Gasteiger partial charge < -0.3 is 14.8 Å². The van der Waals surface area contributed by atoms with E-state index in [1.807, 2.05) is 6.92 Å². The molecule has 0 saturated carbocycles. The molecule has 3 nitrogen and oxygen atoms in total. The number of hydrogen-bond donors (Lipinski definition) is 1. The third-order valence-corrected chi connectivity index (χ3v) is 2.10. The lowest BCUT2D eigenvalue weighted by molar-refractivity contribution is 0.104. The topological polar surface area (TPSA) is 30.5 Å². The van der Waals surface area contributed by atoms with Gasteiger partial charge in [-0.25, -0.2) is 0 Å². The molecule has 0 amide bonds. The van der Waals surface area contributed by atoms with Crippen LogP contribution in [0.5, 0.6) is 0 Å². The number of hydrogen-bond acceptors (Lipinski definition) is 3. The summed E-state index contributed by atoms with van der Waals surface area (Å²) in [4.78, 5) is 0. The van der Waals surface area contributed by atoms with E-state index in [4.69, 9.17) is 16.1 Å². The van der Waals surface area contributed by atoms with E-state index in [1.54, 1.807) is 0 Å². The smallest absolute Gasteiger partial charge is 0.0520 e. The van der Waals surface area contributed by atoms with E-state index in [0.29, 0.717) is 6.61 Å². The Morgan fingerprint density at radius 3 is 1.95 bits per heavy atom. The number of unbranched alkanes of at least 4 members (excludes halogenated alkanes) is 1. The molecule has 117 valence electrons. The molecule has 1 N–H and O–H groups in total. The van der Waals surface area contributed by atoms with E-state index in [-0.39, 0.29) is 1.43 Å². The fourth-order valence-electron chi connectivity index (χ4n) is 1.25. The third-order valence-electron chi connectivity index (χ3n) is 2.10. The Hall–Kier alpha value is -0.540. The lowest BCUT2D eigenvalue weighted by Crippen LogP contribution is -2.13. The van der Waals surface area contributed by atoms with Gasteiger partial charge in [0.05, 0.1) is 6.61 Å². The molecule has 0 unspecified atom stereocenters.